The summed E-state index contributed by atoms with van der Waals surface area (Å²) in [7, 11) is -2.11. The van der Waals surface area contributed by atoms with E-state index in [0.29, 0.717) is 38.6 Å². The van der Waals surface area contributed by atoms with Gasteiger partial charge < -0.3 is 9.84 Å². The standard InChI is InChI=1S/C14H25NO6S/c1-11-8-12(14(17)18)10-15(9-11)22(19,20)7-5-3-4-6-13(16)21-2/h11-12H,3-10H2,1-2H3,(H,17,18). The summed E-state index contributed by atoms with van der Waals surface area (Å²) in [5.74, 6) is -1.82. The zero-order valence-corrected chi connectivity index (χ0v) is 14.0. The van der Waals surface area contributed by atoms with Gasteiger partial charge in [0.15, 0.2) is 0 Å². The lowest BCUT2D eigenvalue weighted by Crippen LogP contribution is -2.46. The van der Waals surface area contributed by atoms with Crippen LogP contribution < -0.4 is 0 Å². The monoisotopic (exact) mass is 335 g/mol. The lowest BCUT2D eigenvalue weighted by molar-refractivity contribution is -0.143. The summed E-state index contributed by atoms with van der Waals surface area (Å²) in [5, 5.41) is 9.10. The second kappa shape index (κ2) is 8.47. The minimum atomic E-state index is -3.44. The number of carbonyl (C=O) groups is 2. The number of esters is 1. The van der Waals surface area contributed by atoms with E-state index in [1.807, 2.05) is 6.92 Å². The molecule has 0 aliphatic carbocycles. The molecule has 1 fully saturated rings. The number of carboxylic acids is 1. The van der Waals surface area contributed by atoms with Crippen molar-refractivity contribution in [3.05, 3.63) is 0 Å². The van der Waals surface area contributed by atoms with E-state index in [0.717, 1.165) is 0 Å². The summed E-state index contributed by atoms with van der Waals surface area (Å²) < 4.78 is 30.4. The van der Waals surface area contributed by atoms with Crippen LogP contribution in [-0.4, -0.2) is 55.7 Å². The van der Waals surface area contributed by atoms with Crippen LogP contribution in [-0.2, 0) is 24.3 Å². The maximum absolute atomic E-state index is 12.3. The van der Waals surface area contributed by atoms with Gasteiger partial charge in [0.05, 0.1) is 18.8 Å². The normalized spacial score (nSPS) is 23.2. The number of piperidine rings is 1. The van der Waals surface area contributed by atoms with Gasteiger partial charge in [0.25, 0.3) is 0 Å². The first-order valence-corrected chi connectivity index (χ1v) is 9.14. The molecule has 0 aromatic carbocycles. The van der Waals surface area contributed by atoms with Gasteiger partial charge in [-0.15, -0.1) is 0 Å². The number of hydrogen-bond donors (Lipinski definition) is 1. The van der Waals surface area contributed by atoms with Gasteiger partial charge in [-0.05, 0) is 25.2 Å². The van der Waals surface area contributed by atoms with E-state index in [9.17, 15) is 18.0 Å². The number of unbranched alkanes of at least 4 members (excludes halogenated alkanes) is 2. The Kier molecular flexibility index (Phi) is 7.28. The minimum absolute atomic E-state index is 0.00671. The van der Waals surface area contributed by atoms with Crippen molar-refractivity contribution in [3.8, 4) is 0 Å². The molecular weight excluding hydrogens is 310 g/mol. The molecule has 1 N–H and O–H groups in total. The van der Waals surface area contributed by atoms with Gasteiger partial charge >= 0.3 is 11.9 Å². The van der Waals surface area contributed by atoms with E-state index in [4.69, 9.17) is 5.11 Å². The van der Waals surface area contributed by atoms with Crippen LogP contribution in [0.1, 0.15) is 39.0 Å². The number of aliphatic carboxylic acids is 1. The molecule has 0 amide bonds. The molecule has 1 aliphatic heterocycles. The van der Waals surface area contributed by atoms with Crippen molar-refractivity contribution >= 4 is 22.0 Å². The van der Waals surface area contributed by atoms with Gasteiger partial charge in [-0.25, -0.2) is 12.7 Å². The van der Waals surface area contributed by atoms with Crippen LogP contribution in [0.25, 0.3) is 0 Å². The molecule has 2 unspecified atom stereocenters. The number of hydrogen-bond acceptors (Lipinski definition) is 5. The van der Waals surface area contributed by atoms with Gasteiger partial charge in [-0.3, -0.25) is 9.59 Å². The fourth-order valence-electron chi connectivity index (χ4n) is 2.67. The molecule has 0 spiro atoms. The highest BCUT2D eigenvalue weighted by molar-refractivity contribution is 7.89. The first-order valence-electron chi connectivity index (χ1n) is 7.53. The molecule has 1 aliphatic rings. The topological polar surface area (TPSA) is 101 Å². The van der Waals surface area contributed by atoms with Crippen LogP contribution in [0, 0.1) is 11.8 Å². The van der Waals surface area contributed by atoms with Crippen LogP contribution in [0.15, 0.2) is 0 Å². The molecule has 0 radical (unpaired) electrons. The van der Waals surface area contributed by atoms with E-state index < -0.39 is 21.9 Å². The van der Waals surface area contributed by atoms with Crippen LogP contribution >= 0.6 is 0 Å². The van der Waals surface area contributed by atoms with Crippen molar-refractivity contribution < 1.29 is 27.9 Å². The third-order valence-electron chi connectivity index (χ3n) is 3.88. The lowest BCUT2D eigenvalue weighted by atomic mass is 9.92. The van der Waals surface area contributed by atoms with Gasteiger partial charge in [-0.1, -0.05) is 13.3 Å². The quantitative estimate of drug-likeness (QED) is 0.526. The van der Waals surface area contributed by atoms with Crippen molar-refractivity contribution in [2.75, 3.05) is 26.0 Å². The predicted molar refractivity (Wildman–Crippen MR) is 80.8 cm³/mol. The Morgan fingerprint density at radius 3 is 2.50 bits per heavy atom. The van der Waals surface area contributed by atoms with Gasteiger partial charge in [-0.2, -0.15) is 0 Å². The minimum Gasteiger partial charge on any atom is -0.481 e. The SMILES string of the molecule is COC(=O)CCCCCS(=O)(=O)N1CC(C)CC(C(=O)O)C1. The van der Waals surface area contributed by atoms with Crippen LogP contribution in [0.4, 0.5) is 0 Å². The zero-order valence-electron chi connectivity index (χ0n) is 13.2. The number of carboxylic acid groups (broad SMARTS) is 1. The maximum atomic E-state index is 12.3. The Labute approximate surface area is 131 Å². The fourth-order valence-corrected chi connectivity index (χ4v) is 4.39. The molecule has 1 saturated heterocycles. The number of ether oxygens (including phenoxy) is 1. The second-order valence-corrected chi connectivity index (χ2v) is 7.98. The molecule has 128 valence electrons. The van der Waals surface area contributed by atoms with Crippen LogP contribution in [0.5, 0.6) is 0 Å². The second-order valence-electron chi connectivity index (χ2n) is 5.90. The number of methoxy groups -OCH3 is 1. The van der Waals surface area contributed by atoms with Crippen molar-refractivity contribution in [1.82, 2.24) is 4.31 Å². The molecule has 0 saturated carbocycles. The predicted octanol–water partition coefficient (Wildman–Crippen LogP) is 1.09. The fraction of sp³-hybridized carbons (Fsp3) is 0.857. The summed E-state index contributed by atoms with van der Waals surface area (Å²) in [6.07, 6.45) is 2.48. The molecule has 0 bridgehead atoms. The number of nitrogens with zero attached hydrogens (tertiary/aromatic N) is 1. The van der Waals surface area contributed by atoms with Crippen LogP contribution in [0.2, 0.25) is 0 Å². The highest BCUT2D eigenvalue weighted by Crippen LogP contribution is 2.24. The Bertz CT molecular complexity index is 490. The van der Waals surface area contributed by atoms with E-state index in [1.165, 1.54) is 11.4 Å². The molecule has 1 rings (SSSR count). The van der Waals surface area contributed by atoms with Crippen molar-refractivity contribution in [2.24, 2.45) is 11.8 Å². The molecule has 22 heavy (non-hydrogen) atoms. The molecule has 1 heterocycles. The van der Waals surface area contributed by atoms with E-state index in [2.05, 4.69) is 4.74 Å². The maximum Gasteiger partial charge on any atom is 0.307 e. The van der Waals surface area contributed by atoms with E-state index >= 15 is 0 Å². The van der Waals surface area contributed by atoms with Gasteiger partial charge in [0.2, 0.25) is 10.0 Å². The largest absolute Gasteiger partial charge is 0.481 e. The molecule has 2 atom stereocenters. The number of sulfonamides is 1. The zero-order chi connectivity index (χ0) is 16.8. The first kappa shape index (κ1) is 18.9. The van der Waals surface area contributed by atoms with Crippen molar-refractivity contribution in [3.63, 3.8) is 0 Å². The first-order chi connectivity index (χ1) is 10.3. The van der Waals surface area contributed by atoms with Crippen molar-refractivity contribution in [1.29, 1.82) is 0 Å². The summed E-state index contributed by atoms with van der Waals surface area (Å²) in [5.41, 5.74) is 0. The highest BCUT2D eigenvalue weighted by Gasteiger charge is 2.34. The Balaban J connectivity index is 2.44. The Morgan fingerprint density at radius 1 is 1.23 bits per heavy atom. The number of carbonyl (C=O) groups excluding carboxylic acids is 1. The molecular formula is C14H25NO6S. The lowest BCUT2D eigenvalue weighted by Gasteiger charge is -2.33. The molecule has 8 heteroatoms. The summed E-state index contributed by atoms with van der Waals surface area (Å²) in [6, 6.07) is 0. The summed E-state index contributed by atoms with van der Waals surface area (Å²) in [6.45, 7) is 2.31. The van der Waals surface area contributed by atoms with E-state index in [1.54, 1.807) is 0 Å². The molecule has 0 aromatic heterocycles. The average Bonchev–Trinajstić information content (AvgIpc) is 2.45. The van der Waals surface area contributed by atoms with Gasteiger partial charge in [0.1, 0.15) is 0 Å². The Hall–Kier alpha value is -1.15. The third-order valence-corrected chi connectivity index (χ3v) is 5.77. The number of rotatable bonds is 8. The smallest absolute Gasteiger partial charge is 0.307 e. The summed E-state index contributed by atoms with van der Waals surface area (Å²) >= 11 is 0. The van der Waals surface area contributed by atoms with Crippen LogP contribution in [0.3, 0.4) is 0 Å². The van der Waals surface area contributed by atoms with E-state index in [-0.39, 0.29) is 24.2 Å². The average molecular weight is 335 g/mol. The van der Waals surface area contributed by atoms with Crippen molar-refractivity contribution in [2.45, 2.75) is 39.0 Å². The highest BCUT2D eigenvalue weighted by atomic mass is 32.2. The Morgan fingerprint density at radius 2 is 1.91 bits per heavy atom. The molecule has 7 nitrogen and oxygen atoms in total. The molecule has 0 aromatic rings. The summed E-state index contributed by atoms with van der Waals surface area (Å²) in [4.78, 5) is 22.0. The van der Waals surface area contributed by atoms with Gasteiger partial charge in [0, 0.05) is 19.5 Å². The third kappa shape index (κ3) is 5.92.